The Morgan fingerprint density at radius 1 is 0.291 bits per heavy atom. The smallest absolute Gasteiger partial charge is 0.164 e. The molecule has 55 heavy (non-hydrogen) atoms. The lowest BCUT2D eigenvalue weighted by Gasteiger charge is -2.12. The van der Waals surface area contributed by atoms with Crippen molar-refractivity contribution in [2.24, 2.45) is 0 Å². The molecular weight excluding hydrogens is 691 g/mol. The minimum atomic E-state index is 0.627. The van der Waals surface area contributed by atoms with Crippen molar-refractivity contribution in [1.82, 2.24) is 24.9 Å². The summed E-state index contributed by atoms with van der Waals surface area (Å²) in [5.41, 5.74) is 9.86. The molecule has 0 saturated heterocycles. The molecule has 0 spiro atoms. The molecule has 0 amide bonds. The van der Waals surface area contributed by atoms with Gasteiger partial charge in [0.25, 0.3) is 0 Å². The van der Waals surface area contributed by atoms with Gasteiger partial charge in [0, 0.05) is 53.6 Å². The number of aromatic nitrogens is 5. The maximum atomic E-state index is 5.25. The van der Waals surface area contributed by atoms with Gasteiger partial charge in [-0.2, -0.15) is 0 Å². The molecule has 0 atom stereocenters. The van der Waals surface area contributed by atoms with Crippen molar-refractivity contribution in [3.05, 3.63) is 188 Å². The van der Waals surface area contributed by atoms with Crippen molar-refractivity contribution in [2.45, 2.75) is 0 Å². The molecule has 0 saturated carbocycles. The quantitative estimate of drug-likeness (QED) is 0.164. The second-order valence-electron chi connectivity index (χ2n) is 13.3. The zero-order chi connectivity index (χ0) is 36.6. The third-order valence-electron chi connectivity index (χ3n) is 9.76. The van der Waals surface area contributed by atoms with Crippen molar-refractivity contribution in [2.75, 3.05) is 0 Å². The Morgan fingerprint density at radius 2 is 0.727 bits per heavy atom. The molecular formula is C49H31N5S. The maximum absolute atomic E-state index is 5.25. The lowest BCUT2D eigenvalue weighted by Crippen LogP contribution is -2.00. The predicted molar refractivity (Wildman–Crippen MR) is 226 cm³/mol. The van der Waals surface area contributed by atoms with E-state index in [-0.39, 0.29) is 0 Å². The lowest BCUT2D eigenvalue weighted by molar-refractivity contribution is 1.07. The van der Waals surface area contributed by atoms with Crippen LogP contribution in [-0.2, 0) is 0 Å². The van der Waals surface area contributed by atoms with Gasteiger partial charge in [-0.15, -0.1) is 11.3 Å². The fraction of sp³-hybridized carbons (Fsp3) is 0. The van der Waals surface area contributed by atoms with Crippen LogP contribution in [0.25, 0.3) is 99.4 Å². The van der Waals surface area contributed by atoms with E-state index in [0.717, 1.165) is 55.9 Å². The van der Waals surface area contributed by atoms with Gasteiger partial charge in [-0.1, -0.05) is 164 Å². The molecule has 0 aliphatic heterocycles. The molecule has 0 aliphatic carbocycles. The van der Waals surface area contributed by atoms with Crippen LogP contribution < -0.4 is 0 Å². The van der Waals surface area contributed by atoms with E-state index >= 15 is 0 Å². The third-order valence-corrected chi connectivity index (χ3v) is 11.0. The fourth-order valence-electron chi connectivity index (χ4n) is 6.99. The molecule has 0 unspecified atom stereocenters. The summed E-state index contributed by atoms with van der Waals surface area (Å²) >= 11 is 1.81. The van der Waals surface area contributed by atoms with Crippen LogP contribution in [0.2, 0.25) is 0 Å². The van der Waals surface area contributed by atoms with Crippen LogP contribution in [-0.4, -0.2) is 24.9 Å². The van der Waals surface area contributed by atoms with Crippen molar-refractivity contribution < 1.29 is 0 Å². The lowest BCUT2D eigenvalue weighted by atomic mass is 9.96. The van der Waals surface area contributed by atoms with Crippen LogP contribution in [0.1, 0.15) is 0 Å². The molecule has 258 valence electrons. The van der Waals surface area contributed by atoms with E-state index in [1.165, 1.54) is 20.2 Å². The van der Waals surface area contributed by atoms with E-state index in [1.807, 2.05) is 84.9 Å². The molecule has 3 heterocycles. The number of hydrogen-bond donors (Lipinski definition) is 0. The van der Waals surface area contributed by atoms with Gasteiger partial charge in [-0.05, 0) is 35.4 Å². The highest BCUT2D eigenvalue weighted by molar-refractivity contribution is 7.26. The van der Waals surface area contributed by atoms with Crippen LogP contribution in [0, 0.1) is 0 Å². The first-order valence-electron chi connectivity index (χ1n) is 18.2. The first-order chi connectivity index (χ1) is 27.2. The highest BCUT2D eigenvalue weighted by Gasteiger charge is 2.18. The summed E-state index contributed by atoms with van der Waals surface area (Å²) in [6.07, 6.45) is 0. The van der Waals surface area contributed by atoms with E-state index in [1.54, 1.807) is 11.3 Å². The van der Waals surface area contributed by atoms with Crippen LogP contribution in [0.15, 0.2) is 188 Å². The van der Waals surface area contributed by atoms with E-state index in [9.17, 15) is 0 Å². The summed E-state index contributed by atoms with van der Waals surface area (Å²) in [4.78, 5) is 25.1. The number of fused-ring (bicyclic) bond motifs is 3. The van der Waals surface area contributed by atoms with Crippen LogP contribution in [0.4, 0.5) is 0 Å². The fourth-order valence-corrected chi connectivity index (χ4v) is 8.20. The minimum absolute atomic E-state index is 0.627. The van der Waals surface area contributed by atoms with Crippen LogP contribution in [0.3, 0.4) is 0 Å². The first kappa shape index (κ1) is 32.5. The summed E-state index contributed by atoms with van der Waals surface area (Å²) in [7, 11) is 0. The predicted octanol–water partition coefficient (Wildman–Crippen LogP) is 12.7. The van der Waals surface area contributed by atoms with Crippen molar-refractivity contribution >= 4 is 31.5 Å². The Hall–Kier alpha value is -7.15. The zero-order valence-corrected chi connectivity index (χ0v) is 30.4. The van der Waals surface area contributed by atoms with Gasteiger partial charge in [0.05, 0.1) is 11.4 Å². The van der Waals surface area contributed by atoms with Gasteiger partial charge >= 0.3 is 0 Å². The van der Waals surface area contributed by atoms with Gasteiger partial charge in [-0.25, -0.2) is 24.9 Å². The molecule has 0 aliphatic rings. The molecule has 7 aromatic carbocycles. The number of nitrogens with zero attached hydrogens (tertiary/aromatic N) is 5. The largest absolute Gasteiger partial charge is 0.228 e. The average Bonchev–Trinajstić information content (AvgIpc) is 3.66. The number of hydrogen-bond acceptors (Lipinski definition) is 6. The van der Waals surface area contributed by atoms with E-state index in [2.05, 4.69) is 103 Å². The van der Waals surface area contributed by atoms with Crippen LogP contribution in [0.5, 0.6) is 0 Å². The molecule has 0 bridgehead atoms. The average molecular weight is 722 g/mol. The normalized spacial score (nSPS) is 11.3. The van der Waals surface area contributed by atoms with Gasteiger partial charge in [-0.3, -0.25) is 0 Å². The van der Waals surface area contributed by atoms with E-state index < -0.39 is 0 Å². The van der Waals surface area contributed by atoms with Crippen molar-refractivity contribution in [3.63, 3.8) is 0 Å². The topological polar surface area (TPSA) is 64.5 Å². The highest BCUT2D eigenvalue weighted by atomic mass is 32.1. The number of thiophene rings is 1. The van der Waals surface area contributed by atoms with Crippen LogP contribution >= 0.6 is 11.3 Å². The third kappa shape index (κ3) is 6.35. The Morgan fingerprint density at radius 3 is 1.29 bits per heavy atom. The van der Waals surface area contributed by atoms with Gasteiger partial charge in [0.15, 0.2) is 23.3 Å². The summed E-state index contributed by atoms with van der Waals surface area (Å²) in [6.45, 7) is 0. The van der Waals surface area contributed by atoms with Gasteiger partial charge in [0.2, 0.25) is 0 Å². The van der Waals surface area contributed by atoms with E-state index in [4.69, 9.17) is 24.9 Å². The first-order valence-corrected chi connectivity index (χ1v) is 19.0. The standard InChI is InChI=1S/C49H31N5S/c1-5-15-33(16-6-1)42-31-43(51-46(50-42)34-17-7-2-8-18-34)41-30-38(29-40-39-23-13-14-24-44(39)55-45(40)41)32-25-27-37(28-26-32)49-53-47(35-19-9-3-10-20-35)52-48(54-49)36-21-11-4-12-22-36/h1-31H. The van der Waals surface area contributed by atoms with Gasteiger partial charge < -0.3 is 0 Å². The minimum Gasteiger partial charge on any atom is -0.228 e. The second-order valence-corrected chi connectivity index (χ2v) is 14.4. The van der Waals surface area contributed by atoms with E-state index in [0.29, 0.717) is 23.3 Å². The second kappa shape index (κ2) is 14.0. The molecule has 0 fully saturated rings. The Kier molecular flexibility index (Phi) is 8.28. The zero-order valence-electron chi connectivity index (χ0n) is 29.5. The highest BCUT2D eigenvalue weighted by Crippen LogP contribution is 2.43. The molecule has 0 radical (unpaired) electrons. The summed E-state index contributed by atoms with van der Waals surface area (Å²) in [5.74, 6) is 2.61. The Balaban J connectivity index is 1.13. The maximum Gasteiger partial charge on any atom is 0.164 e. The molecule has 10 aromatic rings. The van der Waals surface area contributed by atoms with Crippen molar-refractivity contribution in [3.8, 4) is 79.2 Å². The molecule has 10 rings (SSSR count). The molecule has 6 heteroatoms. The SMILES string of the molecule is c1ccc(-c2cc(-c3cc(-c4ccc(-c5nc(-c6ccccc6)nc(-c6ccccc6)n5)cc4)cc4c3sc3ccccc34)nc(-c3ccccc3)n2)cc1. The summed E-state index contributed by atoms with van der Waals surface area (Å²) in [5, 5.41) is 2.44. The number of rotatable bonds is 7. The summed E-state index contributed by atoms with van der Waals surface area (Å²) < 4.78 is 2.44. The Labute approximate surface area is 322 Å². The Bertz CT molecular complexity index is 2830. The molecule has 3 aromatic heterocycles. The number of benzene rings is 7. The molecule has 0 N–H and O–H groups in total. The monoisotopic (exact) mass is 721 g/mol. The summed E-state index contributed by atoms with van der Waals surface area (Å²) in [6, 6.07) is 64.6. The molecule has 5 nitrogen and oxygen atoms in total. The van der Waals surface area contributed by atoms with Gasteiger partial charge in [0.1, 0.15) is 0 Å². The van der Waals surface area contributed by atoms with Crippen molar-refractivity contribution in [1.29, 1.82) is 0 Å².